The monoisotopic (exact) mass is 214 g/mol. The summed E-state index contributed by atoms with van der Waals surface area (Å²) in [5.74, 6) is 0. The predicted octanol–water partition coefficient (Wildman–Crippen LogP) is 2.14. The Morgan fingerprint density at radius 2 is 2.00 bits per heavy atom. The first-order valence-electron chi connectivity index (χ1n) is 5.13. The summed E-state index contributed by atoms with van der Waals surface area (Å²) in [4.78, 5) is 2.14. The Morgan fingerprint density at radius 3 is 2.69 bits per heavy atom. The van der Waals surface area contributed by atoms with Gasteiger partial charge in [0.05, 0.1) is 11.2 Å². The SMILES string of the molecule is C=CCN(CC=C)c1cccc2[nH]nnc12. The largest absolute Gasteiger partial charge is 0.362 e. The summed E-state index contributed by atoms with van der Waals surface area (Å²) in [6.45, 7) is 9.04. The standard InChI is InChI=1S/C12H14N4/c1-3-8-16(9-4-2)11-7-5-6-10-12(11)14-15-13-10/h3-7H,1-2,8-9H2,(H,13,14,15). The summed E-state index contributed by atoms with van der Waals surface area (Å²) < 4.78 is 0. The third kappa shape index (κ3) is 1.82. The Hall–Kier alpha value is -2.10. The number of hydrogen-bond donors (Lipinski definition) is 1. The highest BCUT2D eigenvalue weighted by molar-refractivity contribution is 5.87. The van der Waals surface area contributed by atoms with Crippen LogP contribution >= 0.6 is 0 Å². The molecule has 0 aliphatic rings. The summed E-state index contributed by atoms with van der Waals surface area (Å²) in [6, 6.07) is 5.97. The molecule has 1 N–H and O–H groups in total. The zero-order chi connectivity index (χ0) is 11.4. The Kier molecular flexibility index (Phi) is 3.00. The van der Waals surface area contributed by atoms with Gasteiger partial charge in [-0.05, 0) is 12.1 Å². The number of rotatable bonds is 5. The van der Waals surface area contributed by atoms with Gasteiger partial charge in [0, 0.05) is 13.1 Å². The number of aromatic amines is 1. The van der Waals surface area contributed by atoms with E-state index in [1.165, 1.54) is 0 Å². The van der Waals surface area contributed by atoms with Gasteiger partial charge in [0.1, 0.15) is 5.52 Å². The molecule has 0 aliphatic heterocycles. The van der Waals surface area contributed by atoms with E-state index in [2.05, 4.69) is 33.5 Å². The minimum atomic E-state index is 0.762. The fraction of sp³-hybridized carbons (Fsp3) is 0.167. The molecule has 1 aromatic carbocycles. The smallest absolute Gasteiger partial charge is 0.136 e. The van der Waals surface area contributed by atoms with Crippen LogP contribution in [0.15, 0.2) is 43.5 Å². The van der Waals surface area contributed by atoms with Crippen LogP contribution in [0.4, 0.5) is 5.69 Å². The summed E-state index contributed by atoms with van der Waals surface area (Å²) in [6.07, 6.45) is 3.73. The molecule has 0 radical (unpaired) electrons. The molecule has 4 heteroatoms. The molecular formula is C12H14N4. The van der Waals surface area contributed by atoms with Crippen LogP contribution in [0, 0.1) is 0 Å². The lowest BCUT2D eigenvalue weighted by Gasteiger charge is -2.21. The van der Waals surface area contributed by atoms with Crippen LogP contribution < -0.4 is 4.90 Å². The van der Waals surface area contributed by atoms with E-state index >= 15 is 0 Å². The van der Waals surface area contributed by atoms with Crippen LogP contribution in [0.2, 0.25) is 0 Å². The van der Waals surface area contributed by atoms with Crippen molar-refractivity contribution in [3.63, 3.8) is 0 Å². The molecule has 82 valence electrons. The third-order valence-corrected chi connectivity index (χ3v) is 2.37. The van der Waals surface area contributed by atoms with Crippen molar-refractivity contribution < 1.29 is 0 Å². The maximum absolute atomic E-state index is 4.09. The van der Waals surface area contributed by atoms with Gasteiger partial charge in [-0.15, -0.1) is 18.3 Å². The fourth-order valence-electron chi connectivity index (χ4n) is 1.69. The maximum atomic E-state index is 4.09. The molecule has 0 fully saturated rings. The number of nitrogens with one attached hydrogen (secondary N) is 1. The first-order chi connectivity index (χ1) is 7.86. The van der Waals surface area contributed by atoms with Gasteiger partial charge in [-0.1, -0.05) is 23.4 Å². The van der Waals surface area contributed by atoms with Gasteiger partial charge in [0.2, 0.25) is 0 Å². The zero-order valence-corrected chi connectivity index (χ0v) is 9.06. The van der Waals surface area contributed by atoms with Crippen LogP contribution in [0.1, 0.15) is 0 Å². The number of fused-ring (bicyclic) bond motifs is 1. The minimum Gasteiger partial charge on any atom is -0.362 e. The summed E-state index contributed by atoms with van der Waals surface area (Å²) in [5.41, 5.74) is 2.87. The fourth-order valence-corrected chi connectivity index (χ4v) is 1.69. The van der Waals surface area contributed by atoms with Crippen LogP contribution in [-0.2, 0) is 0 Å². The number of benzene rings is 1. The average molecular weight is 214 g/mol. The molecule has 16 heavy (non-hydrogen) atoms. The van der Waals surface area contributed by atoms with Crippen molar-refractivity contribution in [3.05, 3.63) is 43.5 Å². The van der Waals surface area contributed by atoms with Crippen molar-refractivity contribution in [2.45, 2.75) is 0 Å². The number of nitrogens with zero attached hydrogens (tertiary/aromatic N) is 3. The van der Waals surface area contributed by atoms with Crippen molar-refractivity contribution in [1.29, 1.82) is 0 Å². The molecule has 0 saturated carbocycles. The molecular weight excluding hydrogens is 200 g/mol. The normalized spacial score (nSPS) is 10.2. The Morgan fingerprint density at radius 1 is 1.25 bits per heavy atom. The van der Waals surface area contributed by atoms with Gasteiger partial charge < -0.3 is 4.90 Å². The lowest BCUT2D eigenvalue weighted by atomic mass is 10.2. The molecule has 0 atom stereocenters. The van der Waals surface area contributed by atoms with E-state index in [-0.39, 0.29) is 0 Å². The minimum absolute atomic E-state index is 0.762. The highest BCUT2D eigenvalue weighted by atomic mass is 15.3. The van der Waals surface area contributed by atoms with Crippen LogP contribution in [-0.4, -0.2) is 28.5 Å². The quantitative estimate of drug-likeness (QED) is 0.775. The number of anilines is 1. The molecule has 1 heterocycles. The van der Waals surface area contributed by atoms with Crippen LogP contribution in [0.3, 0.4) is 0 Å². The first-order valence-corrected chi connectivity index (χ1v) is 5.13. The Labute approximate surface area is 94.3 Å². The van der Waals surface area contributed by atoms with E-state index in [1.54, 1.807) is 0 Å². The molecule has 0 aliphatic carbocycles. The van der Waals surface area contributed by atoms with E-state index < -0.39 is 0 Å². The number of H-pyrrole nitrogens is 1. The van der Waals surface area contributed by atoms with Crippen molar-refractivity contribution in [3.8, 4) is 0 Å². The maximum Gasteiger partial charge on any atom is 0.136 e. The highest BCUT2D eigenvalue weighted by Gasteiger charge is 2.09. The third-order valence-electron chi connectivity index (χ3n) is 2.37. The van der Waals surface area contributed by atoms with Gasteiger partial charge in [0.25, 0.3) is 0 Å². The van der Waals surface area contributed by atoms with E-state index in [9.17, 15) is 0 Å². The summed E-state index contributed by atoms with van der Waals surface area (Å²) in [7, 11) is 0. The van der Waals surface area contributed by atoms with E-state index in [0.29, 0.717) is 0 Å². The highest BCUT2D eigenvalue weighted by Crippen LogP contribution is 2.23. The van der Waals surface area contributed by atoms with Gasteiger partial charge in [-0.25, -0.2) is 0 Å². The molecule has 0 bridgehead atoms. The number of hydrogen-bond acceptors (Lipinski definition) is 3. The summed E-state index contributed by atoms with van der Waals surface area (Å²) >= 11 is 0. The summed E-state index contributed by atoms with van der Waals surface area (Å²) in [5, 5.41) is 10.8. The second-order valence-electron chi connectivity index (χ2n) is 3.47. The molecule has 4 nitrogen and oxygen atoms in total. The molecule has 0 spiro atoms. The van der Waals surface area contributed by atoms with Crippen molar-refractivity contribution >= 4 is 16.7 Å². The Bertz CT molecular complexity index is 490. The molecule has 0 amide bonds. The van der Waals surface area contributed by atoms with E-state index in [4.69, 9.17) is 0 Å². The molecule has 0 saturated heterocycles. The van der Waals surface area contributed by atoms with Crippen molar-refractivity contribution in [2.24, 2.45) is 0 Å². The van der Waals surface area contributed by atoms with Gasteiger partial charge in [0.15, 0.2) is 0 Å². The van der Waals surface area contributed by atoms with E-state index in [0.717, 1.165) is 29.8 Å². The second kappa shape index (κ2) is 4.61. The van der Waals surface area contributed by atoms with E-state index in [1.807, 2.05) is 30.4 Å². The lowest BCUT2D eigenvalue weighted by molar-refractivity contribution is 0.943. The van der Waals surface area contributed by atoms with Crippen LogP contribution in [0.25, 0.3) is 11.0 Å². The molecule has 2 rings (SSSR count). The van der Waals surface area contributed by atoms with Crippen molar-refractivity contribution in [1.82, 2.24) is 15.4 Å². The molecule has 2 aromatic rings. The second-order valence-corrected chi connectivity index (χ2v) is 3.47. The van der Waals surface area contributed by atoms with Gasteiger partial charge in [-0.2, -0.15) is 0 Å². The zero-order valence-electron chi connectivity index (χ0n) is 9.06. The lowest BCUT2D eigenvalue weighted by Crippen LogP contribution is -2.23. The van der Waals surface area contributed by atoms with Crippen LogP contribution in [0.5, 0.6) is 0 Å². The first kappa shape index (κ1) is 10.4. The van der Waals surface area contributed by atoms with Gasteiger partial charge >= 0.3 is 0 Å². The number of aromatic nitrogens is 3. The average Bonchev–Trinajstić information content (AvgIpc) is 2.76. The Balaban J connectivity index is 2.45. The van der Waals surface area contributed by atoms with Gasteiger partial charge in [-0.3, -0.25) is 5.10 Å². The predicted molar refractivity (Wildman–Crippen MR) is 66.5 cm³/mol. The topological polar surface area (TPSA) is 44.8 Å². The molecule has 1 aromatic heterocycles. The molecule has 0 unspecified atom stereocenters. The van der Waals surface area contributed by atoms with Crippen molar-refractivity contribution in [2.75, 3.05) is 18.0 Å².